The lowest BCUT2D eigenvalue weighted by Crippen LogP contribution is -2.36. The Balaban J connectivity index is 2.25. The molecule has 0 aromatic heterocycles. The first-order chi connectivity index (χ1) is 6.63. The van der Waals surface area contributed by atoms with Gasteiger partial charge in [-0.2, -0.15) is 0 Å². The number of rotatable bonds is 4. The lowest BCUT2D eigenvalue weighted by Gasteiger charge is -2.13. The van der Waals surface area contributed by atoms with Crippen molar-refractivity contribution in [3.05, 3.63) is 12.7 Å². The highest BCUT2D eigenvalue weighted by molar-refractivity contribution is 5.78. The van der Waals surface area contributed by atoms with Crippen LogP contribution in [0.5, 0.6) is 0 Å². The Labute approximate surface area is 83.0 Å². The molecule has 1 aliphatic heterocycles. The van der Waals surface area contributed by atoms with Gasteiger partial charge >= 0.3 is 0 Å². The van der Waals surface area contributed by atoms with E-state index in [4.69, 9.17) is 0 Å². The van der Waals surface area contributed by atoms with Crippen molar-refractivity contribution in [3.8, 4) is 0 Å². The van der Waals surface area contributed by atoms with Gasteiger partial charge in [0.2, 0.25) is 5.91 Å². The summed E-state index contributed by atoms with van der Waals surface area (Å²) >= 11 is 0. The summed E-state index contributed by atoms with van der Waals surface area (Å²) in [4.78, 5) is 12.9. The molecule has 0 aliphatic carbocycles. The average Bonchev–Trinajstić information content (AvgIpc) is 2.42. The molecule has 1 aliphatic rings. The minimum Gasteiger partial charge on any atom is -0.389 e. The molecular weight excluding hydrogens is 184 g/mol. The second-order valence-corrected chi connectivity index (χ2v) is 3.42. The van der Waals surface area contributed by atoms with Crippen LogP contribution >= 0.6 is 0 Å². The summed E-state index contributed by atoms with van der Waals surface area (Å²) in [6.07, 6.45) is 0.135. The highest BCUT2D eigenvalue weighted by atomic mass is 16.3. The van der Waals surface area contributed by atoms with Crippen LogP contribution in [0, 0.1) is 0 Å². The molecule has 0 aromatic carbocycles. The van der Waals surface area contributed by atoms with Gasteiger partial charge < -0.3 is 15.5 Å². The Morgan fingerprint density at radius 3 is 2.57 bits per heavy atom. The Kier molecular flexibility index (Phi) is 4.06. The van der Waals surface area contributed by atoms with Crippen LogP contribution in [-0.4, -0.2) is 59.4 Å². The van der Waals surface area contributed by atoms with Crippen LogP contribution in [0.4, 0.5) is 0 Å². The van der Waals surface area contributed by atoms with Crippen molar-refractivity contribution < 1.29 is 15.0 Å². The monoisotopic (exact) mass is 200 g/mol. The lowest BCUT2D eigenvalue weighted by atomic mass is 10.3. The maximum atomic E-state index is 11.2. The summed E-state index contributed by atoms with van der Waals surface area (Å²) in [7, 11) is 0. The molecule has 80 valence electrons. The number of carbonyl (C=O) groups is 1. The van der Waals surface area contributed by atoms with Gasteiger partial charge in [-0.1, -0.05) is 6.08 Å². The maximum Gasteiger partial charge on any atom is 0.234 e. The van der Waals surface area contributed by atoms with Gasteiger partial charge in [-0.25, -0.2) is 0 Å². The number of nitrogens with one attached hydrogen (secondary N) is 1. The summed E-state index contributed by atoms with van der Waals surface area (Å²) in [6.45, 7) is 4.83. The van der Waals surface area contributed by atoms with Crippen molar-refractivity contribution in [2.75, 3.05) is 26.2 Å². The molecule has 1 heterocycles. The van der Waals surface area contributed by atoms with Crippen LogP contribution in [0.15, 0.2) is 12.7 Å². The number of aliphatic hydroxyl groups excluding tert-OH is 2. The molecule has 2 atom stereocenters. The van der Waals surface area contributed by atoms with Crippen LogP contribution in [0.2, 0.25) is 0 Å². The third kappa shape index (κ3) is 3.10. The zero-order valence-electron chi connectivity index (χ0n) is 8.02. The summed E-state index contributed by atoms with van der Waals surface area (Å²) in [5, 5.41) is 21.1. The minimum absolute atomic E-state index is 0.119. The molecule has 0 radical (unpaired) electrons. The van der Waals surface area contributed by atoms with Gasteiger partial charge in [0, 0.05) is 19.6 Å². The SMILES string of the molecule is C=CCNC(=O)CN1CC(O)C(O)C1. The van der Waals surface area contributed by atoms with Crippen LogP contribution in [0.3, 0.4) is 0 Å². The fourth-order valence-corrected chi connectivity index (χ4v) is 1.42. The van der Waals surface area contributed by atoms with E-state index in [1.165, 1.54) is 0 Å². The van der Waals surface area contributed by atoms with E-state index in [9.17, 15) is 15.0 Å². The molecule has 0 aromatic rings. The second-order valence-electron chi connectivity index (χ2n) is 3.42. The predicted molar refractivity (Wildman–Crippen MR) is 51.7 cm³/mol. The molecule has 2 unspecified atom stereocenters. The van der Waals surface area contributed by atoms with Gasteiger partial charge in [-0.05, 0) is 0 Å². The van der Waals surface area contributed by atoms with E-state index in [1.54, 1.807) is 11.0 Å². The summed E-state index contributed by atoms with van der Waals surface area (Å²) < 4.78 is 0. The Morgan fingerprint density at radius 1 is 1.50 bits per heavy atom. The van der Waals surface area contributed by atoms with Gasteiger partial charge in [-0.3, -0.25) is 9.69 Å². The number of nitrogens with zero attached hydrogens (tertiary/aromatic N) is 1. The molecular formula is C9H16N2O3. The standard InChI is InChI=1S/C9H16N2O3/c1-2-3-10-9(14)6-11-4-7(12)8(13)5-11/h2,7-8,12-13H,1,3-6H2,(H,10,14). The molecule has 0 saturated carbocycles. The Hall–Kier alpha value is -0.910. The molecule has 1 rings (SSSR count). The number of hydrogen-bond acceptors (Lipinski definition) is 4. The van der Waals surface area contributed by atoms with E-state index >= 15 is 0 Å². The topological polar surface area (TPSA) is 72.8 Å². The van der Waals surface area contributed by atoms with Crippen LogP contribution < -0.4 is 5.32 Å². The smallest absolute Gasteiger partial charge is 0.234 e. The van der Waals surface area contributed by atoms with Crippen LogP contribution in [0.1, 0.15) is 0 Å². The third-order valence-electron chi connectivity index (χ3n) is 2.15. The minimum atomic E-state index is -0.734. The average molecular weight is 200 g/mol. The van der Waals surface area contributed by atoms with Crippen molar-refractivity contribution in [3.63, 3.8) is 0 Å². The van der Waals surface area contributed by atoms with Crippen LogP contribution in [-0.2, 0) is 4.79 Å². The summed E-state index contributed by atoms with van der Waals surface area (Å²) in [5.41, 5.74) is 0. The number of likely N-dealkylation sites (tertiary alicyclic amines) is 1. The number of carbonyl (C=O) groups excluding carboxylic acids is 1. The van der Waals surface area contributed by atoms with Gasteiger partial charge in [-0.15, -0.1) is 6.58 Å². The first-order valence-corrected chi connectivity index (χ1v) is 4.59. The van der Waals surface area contributed by atoms with E-state index in [0.29, 0.717) is 19.6 Å². The van der Waals surface area contributed by atoms with E-state index < -0.39 is 12.2 Å². The van der Waals surface area contributed by atoms with E-state index in [0.717, 1.165) is 0 Å². The molecule has 5 nitrogen and oxygen atoms in total. The quantitative estimate of drug-likeness (QED) is 0.474. The van der Waals surface area contributed by atoms with Crippen molar-refractivity contribution in [1.29, 1.82) is 0 Å². The molecule has 0 bridgehead atoms. The molecule has 3 N–H and O–H groups in total. The van der Waals surface area contributed by atoms with Crippen molar-refractivity contribution in [2.45, 2.75) is 12.2 Å². The van der Waals surface area contributed by atoms with E-state index in [2.05, 4.69) is 11.9 Å². The van der Waals surface area contributed by atoms with E-state index in [1.807, 2.05) is 0 Å². The lowest BCUT2D eigenvalue weighted by molar-refractivity contribution is -0.121. The maximum absolute atomic E-state index is 11.2. The normalized spacial score (nSPS) is 27.6. The van der Waals surface area contributed by atoms with Crippen molar-refractivity contribution >= 4 is 5.91 Å². The fourth-order valence-electron chi connectivity index (χ4n) is 1.42. The predicted octanol–water partition coefficient (Wildman–Crippen LogP) is -1.67. The zero-order chi connectivity index (χ0) is 10.6. The molecule has 1 saturated heterocycles. The number of hydrogen-bond donors (Lipinski definition) is 3. The Morgan fingerprint density at radius 2 is 2.07 bits per heavy atom. The third-order valence-corrected chi connectivity index (χ3v) is 2.15. The zero-order valence-corrected chi connectivity index (χ0v) is 8.02. The first-order valence-electron chi connectivity index (χ1n) is 4.59. The molecule has 14 heavy (non-hydrogen) atoms. The van der Waals surface area contributed by atoms with E-state index in [-0.39, 0.29) is 12.5 Å². The highest BCUT2D eigenvalue weighted by Crippen LogP contribution is 2.08. The van der Waals surface area contributed by atoms with Gasteiger partial charge in [0.1, 0.15) is 0 Å². The number of β-amino-alcohol motifs (C(OH)–C–C–N with tert-alkyl or cyclic N) is 2. The molecule has 1 fully saturated rings. The van der Waals surface area contributed by atoms with Gasteiger partial charge in [0.05, 0.1) is 18.8 Å². The fraction of sp³-hybridized carbons (Fsp3) is 0.667. The largest absolute Gasteiger partial charge is 0.389 e. The number of amides is 1. The van der Waals surface area contributed by atoms with Crippen molar-refractivity contribution in [2.24, 2.45) is 0 Å². The first kappa shape index (κ1) is 11.2. The second kappa shape index (κ2) is 5.09. The summed E-state index contributed by atoms with van der Waals surface area (Å²) in [5.74, 6) is -0.119. The molecule has 5 heteroatoms. The van der Waals surface area contributed by atoms with Gasteiger partial charge in [0.15, 0.2) is 0 Å². The molecule has 0 spiro atoms. The highest BCUT2D eigenvalue weighted by Gasteiger charge is 2.30. The van der Waals surface area contributed by atoms with Crippen LogP contribution in [0.25, 0.3) is 0 Å². The van der Waals surface area contributed by atoms with Gasteiger partial charge in [0.25, 0.3) is 0 Å². The Bertz CT molecular complexity index is 210. The van der Waals surface area contributed by atoms with Crippen molar-refractivity contribution in [1.82, 2.24) is 10.2 Å². The summed E-state index contributed by atoms with van der Waals surface area (Å²) in [6, 6.07) is 0. The number of aliphatic hydroxyl groups is 2. The molecule has 1 amide bonds.